The average Bonchev–Trinajstić information content (AvgIpc) is 2.92. The Labute approximate surface area is 251 Å². The number of carbonyl (C=O) groups excluding carboxylic acids is 2. The van der Waals surface area contributed by atoms with Gasteiger partial charge in [0.05, 0.1) is 10.6 Å². The highest BCUT2D eigenvalue weighted by Crippen LogP contribution is 2.30. The largest absolute Gasteiger partial charge is 0.354 e. The van der Waals surface area contributed by atoms with E-state index in [-0.39, 0.29) is 17.3 Å². The van der Waals surface area contributed by atoms with Gasteiger partial charge in [-0.25, -0.2) is 8.42 Å². The minimum absolute atomic E-state index is 0.0287. The second-order valence-electron chi connectivity index (χ2n) is 9.29. The Kier molecular flexibility index (Phi) is 11.3. The van der Waals surface area contributed by atoms with Gasteiger partial charge in [0, 0.05) is 33.7 Å². The Morgan fingerprint density at radius 3 is 2.15 bits per heavy atom. The van der Waals surface area contributed by atoms with Gasteiger partial charge in [-0.15, -0.1) is 0 Å². The molecule has 214 valence electrons. The molecule has 0 saturated carbocycles. The molecule has 7 nitrogen and oxygen atoms in total. The third-order valence-corrected chi connectivity index (χ3v) is 9.19. The van der Waals surface area contributed by atoms with Gasteiger partial charge in [0.1, 0.15) is 12.6 Å². The first-order valence-corrected chi connectivity index (χ1v) is 15.4. The van der Waals surface area contributed by atoms with Crippen LogP contribution >= 0.6 is 34.8 Å². The number of nitrogens with one attached hydrogen (secondary N) is 1. The van der Waals surface area contributed by atoms with Crippen LogP contribution in [0, 0.1) is 6.92 Å². The fourth-order valence-corrected chi connectivity index (χ4v) is 6.18. The van der Waals surface area contributed by atoms with Gasteiger partial charge in [-0.05, 0) is 68.3 Å². The maximum absolute atomic E-state index is 14.0. The standard InChI is InChI=1S/C29H32Cl3N3O4S/c1-4-5-17-33-29(37)21(3)34(18-24-25(31)10-8-11-26(24)32)28(36)19-35(27-12-7-6-9-20(27)2)40(38,39)23-15-13-22(30)14-16-23/h6-16,21H,4-5,17-19H2,1-3H3,(H,33,37)/t21-/m1/s1. The van der Waals surface area contributed by atoms with Crippen LogP contribution < -0.4 is 9.62 Å². The predicted molar refractivity (Wildman–Crippen MR) is 162 cm³/mol. The van der Waals surface area contributed by atoms with Crippen molar-refractivity contribution in [2.45, 2.75) is 51.1 Å². The highest BCUT2D eigenvalue weighted by molar-refractivity contribution is 7.92. The molecule has 0 saturated heterocycles. The molecule has 1 atom stereocenters. The minimum atomic E-state index is -4.20. The number of anilines is 1. The summed E-state index contributed by atoms with van der Waals surface area (Å²) in [7, 11) is -4.20. The zero-order valence-corrected chi connectivity index (χ0v) is 25.6. The van der Waals surface area contributed by atoms with E-state index in [1.807, 2.05) is 6.92 Å². The summed E-state index contributed by atoms with van der Waals surface area (Å²) in [5.41, 5.74) is 1.44. The zero-order chi connectivity index (χ0) is 29.4. The number of amides is 2. The molecule has 40 heavy (non-hydrogen) atoms. The second-order valence-corrected chi connectivity index (χ2v) is 12.4. The fourth-order valence-electron chi connectivity index (χ4n) is 4.06. The normalized spacial score (nSPS) is 12.1. The van der Waals surface area contributed by atoms with Crippen LogP contribution in [0.2, 0.25) is 15.1 Å². The first kappa shape index (κ1) is 31.7. The van der Waals surface area contributed by atoms with Crippen molar-refractivity contribution < 1.29 is 18.0 Å². The van der Waals surface area contributed by atoms with Crippen LogP contribution in [0.4, 0.5) is 5.69 Å². The molecular formula is C29H32Cl3N3O4S. The summed E-state index contributed by atoms with van der Waals surface area (Å²) in [6.45, 7) is 5.15. The molecule has 3 aromatic carbocycles. The highest BCUT2D eigenvalue weighted by Gasteiger charge is 2.33. The summed E-state index contributed by atoms with van der Waals surface area (Å²) >= 11 is 18.8. The lowest BCUT2D eigenvalue weighted by atomic mass is 10.1. The molecule has 3 rings (SSSR count). The van der Waals surface area contributed by atoms with Gasteiger partial charge in [0.2, 0.25) is 11.8 Å². The summed E-state index contributed by atoms with van der Waals surface area (Å²) in [6, 6.07) is 16.6. The fraction of sp³-hybridized carbons (Fsp3) is 0.310. The van der Waals surface area contributed by atoms with E-state index in [1.165, 1.54) is 29.2 Å². The number of sulfonamides is 1. The molecule has 0 heterocycles. The molecule has 0 aliphatic carbocycles. The number of unbranched alkanes of at least 4 members (excludes halogenated alkanes) is 1. The molecule has 11 heteroatoms. The number of hydrogen-bond donors (Lipinski definition) is 1. The van der Waals surface area contributed by atoms with E-state index < -0.39 is 28.5 Å². The van der Waals surface area contributed by atoms with Crippen LogP contribution in [0.25, 0.3) is 0 Å². The van der Waals surface area contributed by atoms with Gasteiger partial charge in [-0.1, -0.05) is 72.4 Å². The first-order chi connectivity index (χ1) is 19.0. The average molecular weight is 625 g/mol. The van der Waals surface area contributed by atoms with Crippen molar-refractivity contribution in [3.63, 3.8) is 0 Å². The van der Waals surface area contributed by atoms with Crippen molar-refractivity contribution in [2.75, 3.05) is 17.4 Å². The third kappa shape index (κ3) is 7.69. The molecule has 0 spiro atoms. The lowest BCUT2D eigenvalue weighted by molar-refractivity contribution is -0.139. The Balaban J connectivity index is 2.05. The second kappa shape index (κ2) is 14.2. The zero-order valence-electron chi connectivity index (χ0n) is 22.5. The molecule has 1 N–H and O–H groups in total. The summed E-state index contributed by atoms with van der Waals surface area (Å²) in [6.07, 6.45) is 1.67. The van der Waals surface area contributed by atoms with Crippen molar-refractivity contribution in [2.24, 2.45) is 0 Å². The maximum Gasteiger partial charge on any atom is 0.264 e. The van der Waals surface area contributed by atoms with Gasteiger partial charge in [-0.2, -0.15) is 0 Å². The number of aryl methyl sites for hydroxylation is 1. The summed E-state index contributed by atoms with van der Waals surface area (Å²) in [4.78, 5) is 28.3. The Morgan fingerprint density at radius 2 is 1.55 bits per heavy atom. The molecule has 0 fully saturated rings. The first-order valence-electron chi connectivity index (χ1n) is 12.8. The molecule has 0 aliphatic heterocycles. The van der Waals surface area contributed by atoms with Crippen LogP contribution in [-0.2, 0) is 26.2 Å². The van der Waals surface area contributed by atoms with Crippen molar-refractivity contribution in [1.82, 2.24) is 10.2 Å². The van der Waals surface area contributed by atoms with E-state index >= 15 is 0 Å². The highest BCUT2D eigenvalue weighted by atomic mass is 35.5. The van der Waals surface area contributed by atoms with Gasteiger partial charge in [-0.3, -0.25) is 13.9 Å². The molecule has 0 unspecified atom stereocenters. The molecule has 0 aromatic heterocycles. The van der Waals surface area contributed by atoms with E-state index in [1.54, 1.807) is 56.3 Å². The summed E-state index contributed by atoms with van der Waals surface area (Å²) in [5.74, 6) is -0.970. The van der Waals surface area contributed by atoms with Gasteiger partial charge >= 0.3 is 0 Å². The third-order valence-electron chi connectivity index (χ3n) is 6.45. The smallest absolute Gasteiger partial charge is 0.264 e. The number of hydrogen-bond acceptors (Lipinski definition) is 4. The van der Waals surface area contributed by atoms with Gasteiger partial charge in [0.25, 0.3) is 10.0 Å². The quantitative estimate of drug-likeness (QED) is 0.234. The summed E-state index contributed by atoms with van der Waals surface area (Å²) in [5, 5.41) is 3.88. The van der Waals surface area contributed by atoms with E-state index in [0.29, 0.717) is 38.4 Å². The molecule has 2 amide bonds. The summed E-state index contributed by atoms with van der Waals surface area (Å²) < 4.78 is 28.8. The van der Waals surface area contributed by atoms with Crippen molar-refractivity contribution in [3.8, 4) is 0 Å². The van der Waals surface area contributed by atoms with Crippen LogP contribution in [0.15, 0.2) is 71.6 Å². The van der Waals surface area contributed by atoms with E-state index in [9.17, 15) is 18.0 Å². The van der Waals surface area contributed by atoms with Crippen molar-refractivity contribution >= 4 is 62.3 Å². The lowest BCUT2D eigenvalue weighted by Crippen LogP contribution is -2.51. The topological polar surface area (TPSA) is 86.8 Å². The van der Waals surface area contributed by atoms with Crippen LogP contribution in [0.5, 0.6) is 0 Å². The molecule has 3 aromatic rings. The van der Waals surface area contributed by atoms with E-state index in [2.05, 4.69) is 5.32 Å². The van der Waals surface area contributed by atoms with Crippen LogP contribution in [0.3, 0.4) is 0 Å². The minimum Gasteiger partial charge on any atom is -0.354 e. The number of halogens is 3. The Hall–Kier alpha value is -2.78. The number of carbonyl (C=O) groups is 2. The van der Waals surface area contributed by atoms with Crippen molar-refractivity contribution in [3.05, 3.63) is 92.9 Å². The lowest BCUT2D eigenvalue weighted by Gasteiger charge is -2.32. The molecular weight excluding hydrogens is 593 g/mol. The monoisotopic (exact) mass is 623 g/mol. The van der Waals surface area contributed by atoms with Crippen molar-refractivity contribution in [1.29, 1.82) is 0 Å². The molecule has 0 radical (unpaired) electrons. The number of para-hydroxylation sites is 1. The number of rotatable bonds is 12. The Morgan fingerprint density at radius 1 is 0.925 bits per heavy atom. The van der Waals surface area contributed by atoms with E-state index in [0.717, 1.165) is 17.1 Å². The molecule has 0 bridgehead atoms. The van der Waals surface area contributed by atoms with E-state index in [4.69, 9.17) is 34.8 Å². The SMILES string of the molecule is CCCCNC(=O)[C@@H](C)N(Cc1c(Cl)cccc1Cl)C(=O)CN(c1ccccc1C)S(=O)(=O)c1ccc(Cl)cc1. The van der Waals surface area contributed by atoms with Crippen LogP contribution in [0.1, 0.15) is 37.8 Å². The van der Waals surface area contributed by atoms with Crippen LogP contribution in [-0.4, -0.2) is 44.3 Å². The predicted octanol–water partition coefficient (Wildman–Crippen LogP) is 6.48. The number of nitrogens with zero attached hydrogens (tertiary/aromatic N) is 2. The van der Waals surface area contributed by atoms with Gasteiger partial charge < -0.3 is 10.2 Å². The maximum atomic E-state index is 14.0. The Bertz CT molecular complexity index is 1430. The number of benzene rings is 3. The molecule has 0 aliphatic rings. The van der Waals surface area contributed by atoms with Gasteiger partial charge in [0.15, 0.2) is 0 Å².